The zero-order valence-electron chi connectivity index (χ0n) is 12.8. The first kappa shape index (κ1) is 16.3. The zero-order chi connectivity index (χ0) is 15.9. The van der Waals surface area contributed by atoms with E-state index in [2.05, 4.69) is 29.5 Å². The van der Waals surface area contributed by atoms with Gasteiger partial charge >= 0.3 is 0 Å². The molecular formula is C17H20ClN3O. The molecule has 0 fully saturated rings. The molecule has 22 heavy (non-hydrogen) atoms. The Morgan fingerprint density at radius 1 is 1.18 bits per heavy atom. The van der Waals surface area contributed by atoms with E-state index in [1.807, 2.05) is 6.07 Å². The Balaban J connectivity index is 1.90. The van der Waals surface area contributed by atoms with Gasteiger partial charge in [0, 0.05) is 17.1 Å². The Kier molecular flexibility index (Phi) is 5.78. The lowest BCUT2D eigenvalue weighted by atomic mass is 10.1. The number of nitrogens with one attached hydrogen (secondary N) is 2. The maximum atomic E-state index is 12.0. The number of rotatable bonds is 6. The van der Waals surface area contributed by atoms with Crippen molar-refractivity contribution in [3.05, 3.63) is 53.2 Å². The summed E-state index contributed by atoms with van der Waals surface area (Å²) in [6.07, 6.45) is 2.83. The van der Waals surface area contributed by atoms with Crippen LogP contribution in [0.3, 0.4) is 0 Å². The van der Waals surface area contributed by atoms with E-state index in [0.29, 0.717) is 22.3 Å². The van der Waals surface area contributed by atoms with Crippen LogP contribution in [0.2, 0.25) is 5.02 Å². The lowest BCUT2D eigenvalue weighted by molar-refractivity contribution is 0.102. The molecule has 1 aromatic heterocycles. The van der Waals surface area contributed by atoms with Crippen LogP contribution in [-0.2, 0) is 0 Å². The highest BCUT2D eigenvalue weighted by Crippen LogP contribution is 2.13. The van der Waals surface area contributed by atoms with Gasteiger partial charge in [-0.15, -0.1) is 0 Å². The molecular weight excluding hydrogens is 298 g/mol. The minimum atomic E-state index is -0.204. The molecule has 0 saturated heterocycles. The van der Waals surface area contributed by atoms with Crippen LogP contribution >= 0.6 is 11.6 Å². The van der Waals surface area contributed by atoms with Crippen molar-refractivity contribution in [3.63, 3.8) is 0 Å². The van der Waals surface area contributed by atoms with Crippen molar-refractivity contribution < 1.29 is 4.79 Å². The summed E-state index contributed by atoms with van der Waals surface area (Å²) < 4.78 is 0. The maximum Gasteiger partial charge on any atom is 0.256 e. The Morgan fingerprint density at radius 3 is 2.50 bits per heavy atom. The number of anilines is 2. The Bertz CT molecular complexity index is 609. The third kappa shape index (κ3) is 5.04. The molecule has 0 aliphatic rings. The Hall–Kier alpha value is -2.07. The van der Waals surface area contributed by atoms with Crippen molar-refractivity contribution in [2.24, 2.45) is 5.92 Å². The van der Waals surface area contributed by atoms with Gasteiger partial charge in [0.15, 0.2) is 0 Å². The average molecular weight is 318 g/mol. The van der Waals surface area contributed by atoms with E-state index in [1.165, 1.54) is 0 Å². The minimum absolute atomic E-state index is 0.204. The van der Waals surface area contributed by atoms with E-state index >= 15 is 0 Å². The van der Waals surface area contributed by atoms with Gasteiger partial charge in [-0.1, -0.05) is 25.4 Å². The smallest absolute Gasteiger partial charge is 0.256 e. The second kappa shape index (κ2) is 7.80. The fraction of sp³-hybridized carbons (Fsp3) is 0.294. The van der Waals surface area contributed by atoms with Gasteiger partial charge in [0.05, 0.1) is 11.9 Å². The molecule has 5 heteroatoms. The van der Waals surface area contributed by atoms with Gasteiger partial charge in [-0.2, -0.15) is 0 Å². The van der Waals surface area contributed by atoms with Crippen LogP contribution in [0.15, 0.2) is 42.6 Å². The fourth-order valence-electron chi connectivity index (χ4n) is 1.87. The first-order valence-corrected chi connectivity index (χ1v) is 7.69. The summed E-state index contributed by atoms with van der Waals surface area (Å²) in [6.45, 7) is 5.29. The van der Waals surface area contributed by atoms with Crippen molar-refractivity contribution in [1.82, 2.24) is 4.98 Å². The first-order chi connectivity index (χ1) is 10.5. The predicted molar refractivity (Wildman–Crippen MR) is 91.6 cm³/mol. The van der Waals surface area contributed by atoms with Crippen LogP contribution in [0.5, 0.6) is 0 Å². The zero-order valence-corrected chi connectivity index (χ0v) is 13.5. The summed E-state index contributed by atoms with van der Waals surface area (Å²) in [6, 6.07) is 10.4. The predicted octanol–water partition coefficient (Wildman–Crippen LogP) is 4.45. The fourth-order valence-corrected chi connectivity index (χ4v) is 1.99. The molecule has 4 nitrogen and oxygen atoms in total. The van der Waals surface area contributed by atoms with E-state index in [9.17, 15) is 4.79 Å². The average Bonchev–Trinajstić information content (AvgIpc) is 2.49. The maximum absolute atomic E-state index is 12.0. The van der Waals surface area contributed by atoms with Crippen LogP contribution in [0.1, 0.15) is 30.6 Å². The lowest BCUT2D eigenvalue weighted by Gasteiger charge is -2.09. The summed E-state index contributed by atoms with van der Waals surface area (Å²) in [4.78, 5) is 16.3. The molecule has 0 spiro atoms. The third-order valence-corrected chi connectivity index (χ3v) is 3.41. The van der Waals surface area contributed by atoms with Gasteiger partial charge < -0.3 is 10.6 Å². The number of nitrogens with zero attached hydrogens (tertiary/aromatic N) is 1. The quantitative estimate of drug-likeness (QED) is 0.827. The largest absolute Gasteiger partial charge is 0.384 e. The molecule has 2 rings (SSSR count). The summed E-state index contributed by atoms with van der Waals surface area (Å²) in [5.74, 6) is 0.984. The second-order valence-corrected chi connectivity index (χ2v) is 5.94. The number of hydrogen-bond donors (Lipinski definition) is 2. The van der Waals surface area contributed by atoms with Gasteiger partial charge in [-0.3, -0.25) is 4.79 Å². The number of halogens is 1. The summed E-state index contributed by atoms with van der Waals surface area (Å²) >= 11 is 5.80. The van der Waals surface area contributed by atoms with Gasteiger partial charge in [0.25, 0.3) is 5.91 Å². The Labute approximate surface area is 135 Å². The van der Waals surface area contributed by atoms with E-state index in [-0.39, 0.29) is 5.91 Å². The molecule has 2 N–H and O–H groups in total. The molecule has 0 radical (unpaired) electrons. The highest BCUT2D eigenvalue weighted by Gasteiger charge is 2.06. The van der Waals surface area contributed by atoms with Crippen molar-refractivity contribution in [2.45, 2.75) is 20.3 Å². The number of carbonyl (C=O) groups is 1. The number of benzene rings is 1. The van der Waals surface area contributed by atoms with Crippen LogP contribution in [0.25, 0.3) is 0 Å². The third-order valence-electron chi connectivity index (χ3n) is 3.16. The van der Waals surface area contributed by atoms with Crippen molar-refractivity contribution in [2.75, 3.05) is 17.2 Å². The van der Waals surface area contributed by atoms with E-state index in [1.54, 1.807) is 36.5 Å². The Morgan fingerprint density at radius 2 is 1.91 bits per heavy atom. The van der Waals surface area contributed by atoms with Gasteiger partial charge in [0.2, 0.25) is 0 Å². The molecule has 0 aliphatic heterocycles. The van der Waals surface area contributed by atoms with Crippen molar-refractivity contribution >= 4 is 29.0 Å². The number of carbonyl (C=O) groups excluding carboxylic acids is 1. The van der Waals surface area contributed by atoms with E-state index in [4.69, 9.17) is 11.6 Å². The first-order valence-electron chi connectivity index (χ1n) is 7.31. The molecule has 0 saturated carbocycles. The van der Waals surface area contributed by atoms with Crippen molar-refractivity contribution in [3.8, 4) is 0 Å². The summed E-state index contributed by atoms with van der Waals surface area (Å²) in [7, 11) is 0. The highest BCUT2D eigenvalue weighted by molar-refractivity contribution is 6.30. The molecule has 1 amide bonds. The van der Waals surface area contributed by atoms with Crippen LogP contribution in [-0.4, -0.2) is 17.4 Å². The van der Waals surface area contributed by atoms with Gasteiger partial charge in [0.1, 0.15) is 5.82 Å². The normalized spacial score (nSPS) is 10.5. The lowest BCUT2D eigenvalue weighted by Crippen LogP contribution is -2.13. The standard InChI is InChI=1S/C17H20ClN3O/c1-12(2)9-10-19-15-7-8-16(20-11-15)21-17(22)13-3-5-14(18)6-4-13/h3-8,11-12,19H,9-10H2,1-2H3,(H,20,21,22). The molecule has 0 unspecified atom stereocenters. The number of pyridine rings is 1. The SMILES string of the molecule is CC(C)CCNc1ccc(NC(=O)c2ccc(Cl)cc2)nc1. The molecule has 1 heterocycles. The molecule has 116 valence electrons. The van der Waals surface area contributed by atoms with E-state index in [0.717, 1.165) is 18.7 Å². The van der Waals surface area contributed by atoms with Crippen LogP contribution in [0.4, 0.5) is 11.5 Å². The topological polar surface area (TPSA) is 54.0 Å². The summed E-state index contributed by atoms with van der Waals surface area (Å²) in [5.41, 5.74) is 1.50. The minimum Gasteiger partial charge on any atom is -0.384 e. The molecule has 2 aromatic rings. The summed E-state index contributed by atoms with van der Waals surface area (Å²) in [5, 5.41) is 6.67. The van der Waals surface area contributed by atoms with Gasteiger partial charge in [-0.05, 0) is 48.7 Å². The highest BCUT2D eigenvalue weighted by atomic mass is 35.5. The second-order valence-electron chi connectivity index (χ2n) is 5.50. The van der Waals surface area contributed by atoms with Crippen LogP contribution < -0.4 is 10.6 Å². The number of amides is 1. The van der Waals surface area contributed by atoms with E-state index < -0.39 is 0 Å². The molecule has 0 aliphatic carbocycles. The molecule has 1 aromatic carbocycles. The molecule has 0 bridgehead atoms. The van der Waals surface area contributed by atoms with Crippen molar-refractivity contribution in [1.29, 1.82) is 0 Å². The monoisotopic (exact) mass is 317 g/mol. The van der Waals surface area contributed by atoms with Crippen LogP contribution in [0, 0.1) is 5.92 Å². The number of aromatic nitrogens is 1. The molecule has 0 atom stereocenters. The number of hydrogen-bond acceptors (Lipinski definition) is 3. The van der Waals surface area contributed by atoms with Gasteiger partial charge in [-0.25, -0.2) is 4.98 Å².